The van der Waals surface area contributed by atoms with E-state index >= 15 is 0 Å². The van der Waals surface area contributed by atoms with Crippen molar-refractivity contribution in [1.82, 2.24) is 9.55 Å². The largest absolute Gasteiger partial charge is 0.488 e. The van der Waals surface area contributed by atoms with Crippen LogP contribution in [0.15, 0.2) is 66.1 Å². The maximum Gasteiger partial charge on any atom is 0.255 e. The van der Waals surface area contributed by atoms with Crippen LogP contribution in [-0.2, 0) is 0 Å². The van der Waals surface area contributed by atoms with E-state index < -0.39 is 6.10 Å². The Labute approximate surface area is 180 Å². The average Bonchev–Trinajstić information content (AvgIpc) is 3.26. The van der Waals surface area contributed by atoms with Gasteiger partial charge in [-0.3, -0.25) is 9.36 Å². The first-order chi connectivity index (χ1) is 14.6. The summed E-state index contributed by atoms with van der Waals surface area (Å²) in [6, 6.07) is 14.7. The van der Waals surface area contributed by atoms with E-state index in [2.05, 4.69) is 10.3 Å². The lowest BCUT2D eigenvalue weighted by Crippen LogP contribution is -2.34. The number of carbonyl (C=O) groups excluding carboxylic acids is 1. The predicted molar refractivity (Wildman–Crippen MR) is 119 cm³/mol. The van der Waals surface area contributed by atoms with Gasteiger partial charge in [-0.05, 0) is 68.0 Å². The van der Waals surface area contributed by atoms with E-state index in [1.54, 1.807) is 24.0 Å². The third kappa shape index (κ3) is 4.68. The molecule has 1 fully saturated rings. The molecule has 1 heterocycles. The molecule has 2 unspecified atom stereocenters. The molecular weight excluding hydrogens is 398 g/mol. The Morgan fingerprint density at radius 1 is 1.20 bits per heavy atom. The quantitative estimate of drug-likeness (QED) is 0.570. The van der Waals surface area contributed by atoms with E-state index in [0.29, 0.717) is 17.0 Å². The summed E-state index contributed by atoms with van der Waals surface area (Å²) in [5.41, 5.74) is 2.15. The smallest absolute Gasteiger partial charge is 0.255 e. The highest BCUT2D eigenvalue weighted by Gasteiger charge is 2.24. The van der Waals surface area contributed by atoms with E-state index in [1.807, 2.05) is 59.5 Å². The zero-order valence-corrected chi connectivity index (χ0v) is 17.6. The summed E-state index contributed by atoms with van der Waals surface area (Å²) >= 11 is 1.55. The Balaban J connectivity index is 1.42. The SMILES string of the molecule is CSc1nccn1-c1cccc(C(=O)Nc2ccc(OC3CCCCC3O)cc2)c1. The van der Waals surface area contributed by atoms with Gasteiger partial charge in [-0.1, -0.05) is 24.2 Å². The van der Waals surface area contributed by atoms with Crippen molar-refractivity contribution < 1.29 is 14.6 Å². The van der Waals surface area contributed by atoms with Gasteiger partial charge in [0.1, 0.15) is 11.9 Å². The maximum absolute atomic E-state index is 12.7. The minimum atomic E-state index is -0.410. The number of amides is 1. The van der Waals surface area contributed by atoms with E-state index in [-0.39, 0.29) is 12.0 Å². The molecule has 2 N–H and O–H groups in total. The van der Waals surface area contributed by atoms with Crippen molar-refractivity contribution >= 4 is 23.4 Å². The van der Waals surface area contributed by atoms with Gasteiger partial charge in [0.25, 0.3) is 5.91 Å². The van der Waals surface area contributed by atoms with Crippen LogP contribution in [0.1, 0.15) is 36.0 Å². The van der Waals surface area contributed by atoms with Crippen molar-refractivity contribution in [2.75, 3.05) is 11.6 Å². The molecule has 2 aromatic carbocycles. The number of aliphatic hydroxyl groups excluding tert-OH is 1. The van der Waals surface area contributed by atoms with E-state index in [1.165, 1.54) is 0 Å². The van der Waals surface area contributed by atoms with Crippen LogP contribution in [0.25, 0.3) is 5.69 Å². The van der Waals surface area contributed by atoms with Gasteiger partial charge in [0, 0.05) is 29.3 Å². The molecule has 0 aliphatic heterocycles. The molecule has 0 radical (unpaired) electrons. The molecule has 1 saturated carbocycles. The second-order valence-corrected chi connectivity index (χ2v) is 8.09. The van der Waals surface area contributed by atoms with Gasteiger partial charge < -0.3 is 15.2 Å². The third-order valence-electron chi connectivity index (χ3n) is 5.24. The molecule has 1 aliphatic rings. The van der Waals surface area contributed by atoms with Gasteiger partial charge in [-0.2, -0.15) is 0 Å². The summed E-state index contributed by atoms with van der Waals surface area (Å²) in [4.78, 5) is 17.0. The Morgan fingerprint density at radius 2 is 2.00 bits per heavy atom. The molecule has 4 rings (SSSR count). The minimum Gasteiger partial charge on any atom is -0.488 e. The van der Waals surface area contributed by atoms with Crippen LogP contribution < -0.4 is 10.1 Å². The standard InChI is InChI=1S/C23H25N3O3S/c1-30-23-24-13-14-26(23)18-6-4-5-16(15-18)22(28)25-17-9-11-19(12-10-17)29-21-8-3-2-7-20(21)27/h4-6,9-15,20-21,27H,2-3,7-8H2,1H3,(H,25,28). The van der Waals surface area contributed by atoms with E-state index in [4.69, 9.17) is 4.74 Å². The van der Waals surface area contributed by atoms with Crippen molar-refractivity contribution in [3.8, 4) is 11.4 Å². The number of anilines is 1. The Hall–Kier alpha value is -2.77. The number of aliphatic hydroxyl groups is 1. The molecule has 6 nitrogen and oxygen atoms in total. The van der Waals surface area contributed by atoms with Crippen LogP contribution in [-0.4, -0.2) is 39.0 Å². The average molecular weight is 424 g/mol. The predicted octanol–water partition coefficient (Wildman–Crippen LogP) is 4.53. The van der Waals surface area contributed by atoms with Crippen LogP contribution in [0.3, 0.4) is 0 Å². The number of imidazole rings is 1. The van der Waals surface area contributed by atoms with E-state index in [0.717, 1.165) is 36.5 Å². The fraction of sp³-hybridized carbons (Fsp3) is 0.304. The molecule has 3 aromatic rings. The van der Waals surface area contributed by atoms with E-state index in [9.17, 15) is 9.90 Å². The molecule has 156 valence electrons. The Bertz CT molecular complexity index is 1000. The molecular formula is C23H25N3O3S. The van der Waals surface area contributed by atoms with Gasteiger partial charge in [-0.25, -0.2) is 4.98 Å². The number of aromatic nitrogens is 2. The molecule has 2 atom stereocenters. The fourth-order valence-corrected chi connectivity index (χ4v) is 4.17. The Morgan fingerprint density at radius 3 is 2.77 bits per heavy atom. The highest BCUT2D eigenvalue weighted by molar-refractivity contribution is 7.98. The second kappa shape index (κ2) is 9.36. The zero-order valence-electron chi connectivity index (χ0n) is 16.8. The first kappa shape index (κ1) is 20.5. The van der Waals surface area contributed by atoms with Gasteiger partial charge in [0.15, 0.2) is 5.16 Å². The van der Waals surface area contributed by atoms with Crippen molar-refractivity contribution in [3.05, 3.63) is 66.5 Å². The minimum absolute atomic E-state index is 0.156. The number of rotatable bonds is 6. The van der Waals surface area contributed by atoms with Crippen LogP contribution in [0.5, 0.6) is 5.75 Å². The van der Waals surface area contributed by atoms with Crippen LogP contribution in [0, 0.1) is 0 Å². The van der Waals surface area contributed by atoms with Crippen molar-refractivity contribution in [2.24, 2.45) is 0 Å². The highest BCUT2D eigenvalue weighted by atomic mass is 32.2. The van der Waals surface area contributed by atoms with Crippen molar-refractivity contribution in [2.45, 2.75) is 43.0 Å². The maximum atomic E-state index is 12.7. The second-order valence-electron chi connectivity index (χ2n) is 7.32. The number of hydrogen-bond donors (Lipinski definition) is 2. The molecule has 30 heavy (non-hydrogen) atoms. The molecule has 0 bridgehead atoms. The van der Waals surface area contributed by atoms with Gasteiger partial charge in [0.2, 0.25) is 0 Å². The number of ether oxygens (including phenoxy) is 1. The third-order valence-corrected chi connectivity index (χ3v) is 5.91. The number of nitrogens with zero attached hydrogens (tertiary/aromatic N) is 2. The summed E-state index contributed by atoms with van der Waals surface area (Å²) in [5.74, 6) is 0.518. The normalized spacial score (nSPS) is 18.7. The number of hydrogen-bond acceptors (Lipinski definition) is 5. The number of nitrogens with one attached hydrogen (secondary N) is 1. The van der Waals surface area contributed by atoms with Crippen LogP contribution >= 0.6 is 11.8 Å². The number of thioether (sulfide) groups is 1. The zero-order chi connectivity index (χ0) is 20.9. The lowest BCUT2D eigenvalue weighted by Gasteiger charge is -2.28. The first-order valence-electron chi connectivity index (χ1n) is 10.1. The highest BCUT2D eigenvalue weighted by Crippen LogP contribution is 2.25. The monoisotopic (exact) mass is 423 g/mol. The summed E-state index contributed by atoms with van der Waals surface area (Å²) in [5, 5.41) is 13.9. The molecule has 1 aliphatic carbocycles. The summed E-state index contributed by atoms with van der Waals surface area (Å²) in [6.07, 6.45) is 8.81. The molecule has 7 heteroatoms. The lowest BCUT2D eigenvalue weighted by molar-refractivity contribution is 0.00688. The number of carbonyl (C=O) groups is 1. The van der Waals surface area contributed by atoms with Crippen molar-refractivity contribution in [1.29, 1.82) is 0 Å². The van der Waals surface area contributed by atoms with Crippen molar-refractivity contribution in [3.63, 3.8) is 0 Å². The lowest BCUT2D eigenvalue weighted by atomic mass is 9.95. The Kier molecular flexibility index (Phi) is 6.40. The van der Waals surface area contributed by atoms with Gasteiger partial charge in [-0.15, -0.1) is 0 Å². The molecule has 1 aromatic heterocycles. The summed E-state index contributed by atoms with van der Waals surface area (Å²) in [7, 11) is 0. The molecule has 1 amide bonds. The summed E-state index contributed by atoms with van der Waals surface area (Å²) in [6.45, 7) is 0. The van der Waals surface area contributed by atoms with Gasteiger partial charge in [0.05, 0.1) is 6.10 Å². The molecule has 0 saturated heterocycles. The first-order valence-corrected chi connectivity index (χ1v) is 11.3. The van der Waals surface area contributed by atoms with Crippen LogP contribution in [0.2, 0.25) is 0 Å². The fourth-order valence-electron chi connectivity index (χ4n) is 3.64. The number of benzene rings is 2. The molecule has 0 spiro atoms. The van der Waals surface area contributed by atoms with Crippen LogP contribution in [0.4, 0.5) is 5.69 Å². The van der Waals surface area contributed by atoms with Gasteiger partial charge >= 0.3 is 0 Å². The summed E-state index contributed by atoms with van der Waals surface area (Å²) < 4.78 is 7.87. The topological polar surface area (TPSA) is 76.4 Å².